The maximum atomic E-state index is 5.42. The summed E-state index contributed by atoms with van der Waals surface area (Å²) in [4.78, 5) is 15.0. The van der Waals surface area contributed by atoms with Crippen molar-refractivity contribution in [2.24, 2.45) is 11.8 Å². The summed E-state index contributed by atoms with van der Waals surface area (Å²) in [6, 6.07) is 0. The second-order valence-electron chi connectivity index (χ2n) is 5.11. The molecular formula is C13H25N7. The van der Waals surface area contributed by atoms with E-state index in [1.54, 1.807) is 0 Å². The topological polar surface area (TPSA) is 92.0 Å². The van der Waals surface area contributed by atoms with E-state index in [0.717, 1.165) is 32.0 Å². The van der Waals surface area contributed by atoms with Gasteiger partial charge in [0.2, 0.25) is 17.8 Å². The number of nitrogens with two attached hydrogens (primary N) is 1. The van der Waals surface area contributed by atoms with Crippen LogP contribution in [0.4, 0.5) is 17.8 Å². The Balaban J connectivity index is 1.96. The van der Waals surface area contributed by atoms with Gasteiger partial charge in [0.05, 0.1) is 0 Å². The number of hydrogen-bond donors (Lipinski definition) is 3. The van der Waals surface area contributed by atoms with Crippen LogP contribution in [0, 0.1) is 5.92 Å². The molecule has 0 aromatic carbocycles. The van der Waals surface area contributed by atoms with Crippen LogP contribution in [0.2, 0.25) is 0 Å². The van der Waals surface area contributed by atoms with Crippen molar-refractivity contribution in [1.82, 2.24) is 15.0 Å². The standard InChI is InChI=1S/C13H25N7/c1-3-20(4-2)13-17-11(16-12(18-13)19-14)15-9-5-6-10-7-8-10/h10H,3-9,14H2,1-2H3,(H2,15,16,17,18,19). The van der Waals surface area contributed by atoms with Crippen LogP contribution >= 0.6 is 0 Å². The second kappa shape index (κ2) is 7.23. The van der Waals surface area contributed by atoms with E-state index >= 15 is 0 Å². The van der Waals surface area contributed by atoms with Crippen molar-refractivity contribution < 1.29 is 0 Å². The van der Waals surface area contributed by atoms with E-state index in [9.17, 15) is 0 Å². The minimum Gasteiger partial charge on any atom is -0.354 e. The number of aromatic nitrogens is 3. The van der Waals surface area contributed by atoms with E-state index in [2.05, 4.69) is 44.4 Å². The Labute approximate surface area is 120 Å². The van der Waals surface area contributed by atoms with Crippen LogP contribution < -0.4 is 21.5 Å². The van der Waals surface area contributed by atoms with Crippen molar-refractivity contribution in [3.63, 3.8) is 0 Å². The third-order valence-electron chi connectivity index (χ3n) is 3.57. The predicted molar refractivity (Wildman–Crippen MR) is 81.6 cm³/mol. The first kappa shape index (κ1) is 14.8. The lowest BCUT2D eigenvalue weighted by atomic mass is 10.2. The van der Waals surface area contributed by atoms with Crippen LogP contribution in [0.3, 0.4) is 0 Å². The van der Waals surface area contributed by atoms with Crippen molar-refractivity contribution in [3.05, 3.63) is 0 Å². The van der Waals surface area contributed by atoms with Crippen molar-refractivity contribution in [2.75, 3.05) is 35.3 Å². The zero-order valence-electron chi connectivity index (χ0n) is 12.4. The second-order valence-corrected chi connectivity index (χ2v) is 5.11. The normalized spacial score (nSPS) is 14.2. The molecule has 0 unspecified atom stereocenters. The highest BCUT2D eigenvalue weighted by Gasteiger charge is 2.20. The molecule has 1 saturated carbocycles. The molecule has 0 aliphatic heterocycles. The molecule has 1 fully saturated rings. The van der Waals surface area contributed by atoms with Gasteiger partial charge in [-0.05, 0) is 32.6 Å². The fraction of sp³-hybridized carbons (Fsp3) is 0.769. The van der Waals surface area contributed by atoms with Gasteiger partial charge in [0.15, 0.2) is 0 Å². The zero-order chi connectivity index (χ0) is 14.4. The smallest absolute Gasteiger partial charge is 0.243 e. The van der Waals surface area contributed by atoms with E-state index in [0.29, 0.717) is 17.8 Å². The van der Waals surface area contributed by atoms with Gasteiger partial charge in [0, 0.05) is 19.6 Å². The molecule has 1 aliphatic rings. The van der Waals surface area contributed by atoms with Crippen LogP contribution in [0.25, 0.3) is 0 Å². The first-order valence-electron chi connectivity index (χ1n) is 7.48. The lowest BCUT2D eigenvalue weighted by Crippen LogP contribution is -2.26. The maximum absolute atomic E-state index is 5.42. The molecule has 112 valence electrons. The van der Waals surface area contributed by atoms with Gasteiger partial charge < -0.3 is 10.2 Å². The number of nitrogens with zero attached hydrogens (tertiary/aromatic N) is 4. The molecule has 7 nitrogen and oxygen atoms in total. The van der Waals surface area contributed by atoms with Gasteiger partial charge in [-0.2, -0.15) is 15.0 Å². The van der Waals surface area contributed by atoms with Crippen LogP contribution in [0.15, 0.2) is 0 Å². The van der Waals surface area contributed by atoms with Crippen LogP contribution in [-0.2, 0) is 0 Å². The van der Waals surface area contributed by atoms with Crippen LogP contribution in [-0.4, -0.2) is 34.6 Å². The quantitative estimate of drug-likeness (QED) is 0.359. The van der Waals surface area contributed by atoms with E-state index < -0.39 is 0 Å². The minimum absolute atomic E-state index is 0.395. The molecule has 20 heavy (non-hydrogen) atoms. The molecule has 0 saturated heterocycles. The highest BCUT2D eigenvalue weighted by atomic mass is 15.4. The van der Waals surface area contributed by atoms with Crippen LogP contribution in [0.5, 0.6) is 0 Å². The van der Waals surface area contributed by atoms with Crippen molar-refractivity contribution >= 4 is 17.8 Å². The lowest BCUT2D eigenvalue weighted by Gasteiger charge is -2.19. The summed E-state index contributed by atoms with van der Waals surface area (Å²) in [7, 11) is 0. The fourth-order valence-electron chi connectivity index (χ4n) is 2.15. The van der Waals surface area contributed by atoms with Crippen molar-refractivity contribution in [2.45, 2.75) is 39.5 Å². The first-order valence-corrected chi connectivity index (χ1v) is 7.48. The molecule has 0 spiro atoms. The summed E-state index contributed by atoms with van der Waals surface area (Å²) < 4.78 is 0. The molecule has 1 aromatic heterocycles. The number of rotatable bonds is 9. The molecule has 0 amide bonds. The van der Waals surface area contributed by atoms with Gasteiger partial charge in [0.25, 0.3) is 0 Å². The number of nitrogen functional groups attached to an aromatic ring is 1. The molecule has 1 aromatic rings. The molecule has 1 heterocycles. The number of hydrogen-bond acceptors (Lipinski definition) is 7. The molecule has 2 rings (SSSR count). The fourth-order valence-corrected chi connectivity index (χ4v) is 2.15. The Kier molecular flexibility index (Phi) is 5.34. The maximum Gasteiger partial charge on any atom is 0.243 e. The van der Waals surface area contributed by atoms with E-state index in [4.69, 9.17) is 5.84 Å². The van der Waals surface area contributed by atoms with Gasteiger partial charge in [-0.1, -0.05) is 12.8 Å². The Morgan fingerprint density at radius 2 is 1.85 bits per heavy atom. The SMILES string of the molecule is CCN(CC)c1nc(NN)nc(NCCCC2CC2)n1. The molecule has 7 heteroatoms. The highest BCUT2D eigenvalue weighted by Crippen LogP contribution is 2.33. The molecule has 0 bridgehead atoms. The van der Waals surface area contributed by atoms with Crippen molar-refractivity contribution in [3.8, 4) is 0 Å². The van der Waals surface area contributed by atoms with Gasteiger partial charge >= 0.3 is 0 Å². The summed E-state index contributed by atoms with van der Waals surface area (Å²) >= 11 is 0. The Morgan fingerprint density at radius 1 is 1.15 bits per heavy atom. The summed E-state index contributed by atoms with van der Waals surface area (Å²) in [5.41, 5.74) is 2.50. The number of hydrazine groups is 1. The molecule has 4 N–H and O–H groups in total. The van der Waals surface area contributed by atoms with Crippen LogP contribution in [0.1, 0.15) is 39.5 Å². The highest BCUT2D eigenvalue weighted by molar-refractivity contribution is 5.43. The largest absolute Gasteiger partial charge is 0.354 e. The average Bonchev–Trinajstić information content (AvgIpc) is 3.29. The monoisotopic (exact) mass is 279 g/mol. The first-order chi connectivity index (χ1) is 9.76. The molecular weight excluding hydrogens is 254 g/mol. The third-order valence-corrected chi connectivity index (χ3v) is 3.57. The number of nitrogens with one attached hydrogen (secondary N) is 2. The third kappa shape index (κ3) is 4.19. The predicted octanol–water partition coefficient (Wildman–Crippen LogP) is 1.61. The Hall–Kier alpha value is -1.63. The van der Waals surface area contributed by atoms with Gasteiger partial charge in [-0.3, -0.25) is 5.43 Å². The van der Waals surface area contributed by atoms with E-state index in [-0.39, 0.29) is 0 Å². The zero-order valence-corrected chi connectivity index (χ0v) is 12.4. The van der Waals surface area contributed by atoms with E-state index in [1.165, 1.54) is 19.3 Å². The Bertz CT molecular complexity index is 415. The summed E-state index contributed by atoms with van der Waals surface area (Å²) in [5.74, 6) is 8.02. The summed E-state index contributed by atoms with van der Waals surface area (Å²) in [6.07, 6.45) is 5.25. The van der Waals surface area contributed by atoms with Gasteiger partial charge in [0.1, 0.15) is 0 Å². The molecule has 0 radical (unpaired) electrons. The summed E-state index contributed by atoms with van der Waals surface area (Å²) in [6.45, 7) is 6.75. The molecule has 0 atom stereocenters. The number of anilines is 3. The van der Waals surface area contributed by atoms with Crippen molar-refractivity contribution in [1.29, 1.82) is 0 Å². The lowest BCUT2D eigenvalue weighted by molar-refractivity contribution is 0.684. The van der Waals surface area contributed by atoms with E-state index in [1.807, 2.05) is 0 Å². The van der Waals surface area contributed by atoms with Gasteiger partial charge in [-0.15, -0.1) is 0 Å². The van der Waals surface area contributed by atoms with Gasteiger partial charge in [-0.25, -0.2) is 5.84 Å². The minimum atomic E-state index is 0.395. The average molecular weight is 279 g/mol. The molecule has 1 aliphatic carbocycles. The summed E-state index contributed by atoms with van der Waals surface area (Å²) in [5, 5.41) is 3.26. The Morgan fingerprint density at radius 3 is 2.45 bits per heavy atom.